The molecule has 0 aliphatic carbocycles. The second-order valence-electron chi connectivity index (χ2n) is 6.05. The lowest BCUT2D eigenvalue weighted by atomic mass is 10.1. The zero-order valence-electron chi connectivity index (χ0n) is 15.4. The number of hydrogen-bond acceptors (Lipinski definition) is 4. The predicted octanol–water partition coefficient (Wildman–Crippen LogP) is 3.78. The minimum atomic E-state index is -0.114. The molecule has 0 fully saturated rings. The van der Waals surface area contributed by atoms with E-state index in [0.29, 0.717) is 24.6 Å². The van der Waals surface area contributed by atoms with E-state index in [0.717, 1.165) is 32.1 Å². The standard InChI is InChI=1S/C21H26N2O4/c24-20(12-10-18-8-6-16-26-18)22-14-4-2-1-3-5-15-23-21(25)13-11-19-9-7-17-27-19/h6-13,16-17H,1-5,14-15H2,(H,22,24)(H,23,25)/b12-10+,13-11+. The third-order valence-electron chi connectivity index (χ3n) is 3.84. The Kier molecular flexibility index (Phi) is 9.28. The molecule has 0 aliphatic rings. The van der Waals surface area contributed by atoms with E-state index in [4.69, 9.17) is 8.83 Å². The minimum Gasteiger partial charge on any atom is -0.465 e. The van der Waals surface area contributed by atoms with Gasteiger partial charge in [-0.25, -0.2) is 0 Å². The van der Waals surface area contributed by atoms with Gasteiger partial charge in [-0.1, -0.05) is 19.3 Å². The summed E-state index contributed by atoms with van der Waals surface area (Å²) in [5.74, 6) is 1.09. The van der Waals surface area contributed by atoms with Gasteiger partial charge in [-0.15, -0.1) is 0 Å². The molecule has 2 heterocycles. The molecule has 27 heavy (non-hydrogen) atoms. The van der Waals surface area contributed by atoms with Gasteiger partial charge in [0, 0.05) is 25.2 Å². The van der Waals surface area contributed by atoms with Crippen LogP contribution < -0.4 is 10.6 Å². The molecule has 0 aromatic carbocycles. The van der Waals surface area contributed by atoms with Crippen molar-refractivity contribution in [3.8, 4) is 0 Å². The summed E-state index contributed by atoms with van der Waals surface area (Å²) in [4.78, 5) is 23.2. The monoisotopic (exact) mass is 370 g/mol. The lowest BCUT2D eigenvalue weighted by Gasteiger charge is -2.04. The van der Waals surface area contributed by atoms with E-state index in [9.17, 15) is 9.59 Å². The number of carbonyl (C=O) groups is 2. The second-order valence-corrected chi connectivity index (χ2v) is 6.05. The highest BCUT2D eigenvalue weighted by atomic mass is 16.3. The van der Waals surface area contributed by atoms with E-state index in [2.05, 4.69) is 10.6 Å². The Morgan fingerprint density at radius 3 is 1.59 bits per heavy atom. The van der Waals surface area contributed by atoms with Crippen molar-refractivity contribution < 1.29 is 18.4 Å². The Hall–Kier alpha value is -3.02. The maximum absolute atomic E-state index is 11.6. The molecule has 0 bridgehead atoms. The molecule has 2 aromatic heterocycles. The van der Waals surface area contributed by atoms with E-state index >= 15 is 0 Å². The van der Waals surface area contributed by atoms with Crippen LogP contribution in [0, 0.1) is 0 Å². The van der Waals surface area contributed by atoms with Gasteiger partial charge >= 0.3 is 0 Å². The van der Waals surface area contributed by atoms with Gasteiger partial charge in [0.25, 0.3) is 0 Å². The molecule has 0 radical (unpaired) electrons. The Morgan fingerprint density at radius 1 is 0.741 bits per heavy atom. The van der Waals surface area contributed by atoms with E-state index in [1.54, 1.807) is 48.9 Å². The van der Waals surface area contributed by atoms with Crippen LogP contribution in [0.25, 0.3) is 12.2 Å². The van der Waals surface area contributed by atoms with Crippen LogP contribution in [0.15, 0.2) is 57.8 Å². The molecule has 0 unspecified atom stereocenters. The maximum Gasteiger partial charge on any atom is 0.244 e. The summed E-state index contributed by atoms with van der Waals surface area (Å²) in [6.07, 6.45) is 14.4. The van der Waals surface area contributed by atoms with Crippen molar-refractivity contribution in [3.05, 3.63) is 60.5 Å². The summed E-state index contributed by atoms with van der Waals surface area (Å²) in [5.41, 5.74) is 0. The minimum absolute atomic E-state index is 0.114. The molecule has 0 atom stereocenters. The number of hydrogen-bond donors (Lipinski definition) is 2. The number of unbranched alkanes of at least 4 members (excludes halogenated alkanes) is 4. The van der Waals surface area contributed by atoms with Gasteiger partial charge in [0.05, 0.1) is 12.5 Å². The molecule has 0 aliphatic heterocycles. The van der Waals surface area contributed by atoms with E-state index < -0.39 is 0 Å². The van der Waals surface area contributed by atoms with Crippen LogP contribution in [-0.4, -0.2) is 24.9 Å². The first-order chi connectivity index (χ1) is 13.2. The van der Waals surface area contributed by atoms with Gasteiger partial charge < -0.3 is 19.5 Å². The van der Waals surface area contributed by atoms with Crippen LogP contribution in [0.3, 0.4) is 0 Å². The molecule has 0 saturated carbocycles. The fourth-order valence-corrected chi connectivity index (χ4v) is 2.41. The zero-order chi connectivity index (χ0) is 19.2. The third-order valence-corrected chi connectivity index (χ3v) is 3.84. The Bertz CT molecular complexity index is 653. The first kappa shape index (κ1) is 20.3. The molecule has 6 nitrogen and oxygen atoms in total. The van der Waals surface area contributed by atoms with E-state index in [1.165, 1.54) is 12.2 Å². The molecular formula is C21H26N2O4. The molecular weight excluding hydrogens is 344 g/mol. The van der Waals surface area contributed by atoms with Crippen molar-refractivity contribution in [1.82, 2.24) is 10.6 Å². The van der Waals surface area contributed by atoms with Crippen molar-refractivity contribution in [2.24, 2.45) is 0 Å². The number of amides is 2. The second kappa shape index (κ2) is 12.4. The van der Waals surface area contributed by atoms with Gasteiger partial charge in [-0.2, -0.15) is 0 Å². The Labute approximate surface area is 159 Å². The van der Waals surface area contributed by atoms with E-state index in [-0.39, 0.29) is 11.8 Å². The lowest BCUT2D eigenvalue weighted by Crippen LogP contribution is -2.22. The Balaban J connectivity index is 1.40. The maximum atomic E-state index is 11.6. The first-order valence-corrected chi connectivity index (χ1v) is 9.23. The zero-order valence-corrected chi connectivity index (χ0v) is 15.4. The van der Waals surface area contributed by atoms with Crippen molar-refractivity contribution in [1.29, 1.82) is 0 Å². The van der Waals surface area contributed by atoms with Gasteiger partial charge in [-0.05, 0) is 49.3 Å². The largest absolute Gasteiger partial charge is 0.465 e. The molecule has 2 amide bonds. The predicted molar refractivity (Wildman–Crippen MR) is 105 cm³/mol. The number of carbonyl (C=O) groups excluding carboxylic acids is 2. The van der Waals surface area contributed by atoms with Gasteiger partial charge in [0.1, 0.15) is 11.5 Å². The smallest absolute Gasteiger partial charge is 0.244 e. The summed E-state index contributed by atoms with van der Waals surface area (Å²) in [6.45, 7) is 1.32. The summed E-state index contributed by atoms with van der Waals surface area (Å²) in [5, 5.41) is 5.70. The van der Waals surface area contributed by atoms with Gasteiger partial charge in [-0.3, -0.25) is 9.59 Å². The summed E-state index contributed by atoms with van der Waals surface area (Å²) in [6, 6.07) is 7.14. The molecule has 0 saturated heterocycles. The van der Waals surface area contributed by atoms with Crippen molar-refractivity contribution in [2.75, 3.05) is 13.1 Å². The van der Waals surface area contributed by atoms with Crippen LogP contribution in [0.5, 0.6) is 0 Å². The summed E-state index contributed by atoms with van der Waals surface area (Å²) >= 11 is 0. The van der Waals surface area contributed by atoms with Gasteiger partial charge in [0.2, 0.25) is 11.8 Å². The molecule has 2 N–H and O–H groups in total. The average molecular weight is 370 g/mol. The fourth-order valence-electron chi connectivity index (χ4n) is 2.41. The van der Waals surface area contributed by atoms with Crippen LogP contribution in [0.1, 0.15) is 43.6 Å². The number of furan rings is 2. The molecule has 6 heteroatoms. The normalized spacial score (nSPS) is 11.3. The first-order valence-electron chi connectivity index (χ1n) is 9.23. The quantitative estimate of drug-likeness (QED) is 0.440. The molecule has 0 spiro atoms. The van der Waals surface area contributed by atoms with Crippen LogP contribution in [0.4, 0.5) is 0 Å². The van der Waals surface area contributed by atoms with Gasteiger partial charge in [0.15, 0.2) is 0 Å². The van der Waals surface area contributed by atoms with Crippen LogP contribution in [-0.2, 0) is 9.59 Å². The topological polar surface area (TPSA) is 84.5 Å². The average Bonchev–Trinajstić information content (AvgIpc) is 3.37. The SMILES string of the molecule is O=C(/C=C/c1ccco1)NCCCCCCCNC(=O)/C=C/c1ccco1. The van der Waals surface area contributed by atoms with E-state index in [1.807, 2.05) is 0 Å². The van der Waals surface area contributed by atoms with Crippen LogP contribution in [0.2, 0.25) is 0 Å². The number of nitrogens with one attached hydrogen (secondary N) is 2. The van der Waals surface area contributed by atoms with Crippen molar-refractivity contribution in [2.45, 2.75) is 32.1 Å². The van der Waals surface area contributed by atoms with Crippen molar-refractivity contribution >= 4 is 24.0 Å². The highest BCUT2D eigenvalue weighted by Gasteiger charge is 1.98. The third kappa shape index (κ3) is 9.30. The highest BCUT2D eigenvalue weighted by molar-refractivity contribution is 5.91. The molecule has 2 aromatic rings. The Morgan fingerprint density at radius 2 is 1.19 bits per heavy atom. The number of rotatable bonds is 12. The molecule has 144 valence electrons. The molecule has 2 rings (SSSR count). The van der Waals surface area contributed by atoms with Crippen molar-refractivity contribution in [3.63, 3.8) is 0 Å². The van der Waals surface area contributed by atoms with Crippen LogP contribution >= 0.6 is 0 Å². The summed E-state index contributed by atoms with van der Waals surface area (Å²) < 4.78 is 10.2. The highest BCUT2D eigenvalue weighted by Crippen LogP contribution is 2.04. The fraction of sp³-hybridized carbons (Fsp3) is 0.333. The lowest BCUT2D eigenvalue weighted by molar-refractivity contribution is -0.117. The summed E-state index contributed by atoms with van der Waals surface area (Å²) in [7, 11) is 0.